The van der Waals surface area contributed by atoms with Gasteiger partial charge >= 0.3 is 5.97 Å². The summed E-state index contributed by atoms with van der Waals surface area (Å²) in [6.45, 7) is 2.26. The summed E-state index contributed by atoms with van der Waals surface area (Å²) in [6, 6.07) is 5.06. The summed E-state index contributed by atoms with van der Waals surface area (Å²) in [5, 5.41) is 0. The summed E-state index contributed by atoms with van der Waals surface area (Å²) >= 11 is 0. The van der Waals surface area contributed by atoms with Crippen LogP contribution in [0.25, 0.3) is 0 Å². The molecule has 0 aliphatic carbocycles. The molecule has 0 aromatic heterocycles. The van der Waals surface area contributed by atoms with Crippen LogP contribution < -0.4 is 4.74 Å². The van der Waals surface area contributed by atoms with Crippen LogP contribution in [0.15, 0.2) is 41.3 Å². The van der Waals surface area contributed by atoms with Crippen molar-refractivity contribution < 1.29 is 22.5 Å². The number of hydrogen-bond donors (Lipinski definition) is 1. The van der Waals surface area contributed by atoms with Crippen molar-refractivity contribution in [2.45, 2.75) is 115 Å². The molecule has 0 aliphatic heterocycles. The summed E-state index contributed by atoms with van der Waals surface area (Å²) in [5.74, 6) is -0.260. The third-order valence-electron chi connectivity index (χ3n) is 5.57. The molecule has 1 aromatic carbocycles. The van der Waals surface area contributed by atoms with Gasteiger partial charge in [-0.25, -0.2) is 4.79 Å². The molecule has 0 bridgehead atoms. The molecule has 0 radical (unpaired) electrons. The Labute approximate surface area is 195 Å². The topological polar surface area (TPSA) is 80.7 Å². The standard InChI is InChI=1S/C26H42O5S/c1-2-3-4-5-6-7-8-9-10-11-12-13-14-15-16-17-18-19-26(27)31-24-20-22-25(23-21-24)32(28,29)30/h18-23H,2-17H2,1H3,(H,28,29,30). The molecule has 0 aliphatic rings. The van der Waals surface area contributed by atoms with Crippen LogP contribution in [0.3, 0.4) is 0 Å². The van der Waals surface area contributed by atoms with Gasteiger partial charge < -0.3 is 4.74 Å². The molecule has 0 spiro atoms. The molecule has 0 unspecified atom stereocenters. The zero-order valence-electron chi connectivity index (χ0n) is 19.8. The fraction of sp³-hybridized carbons (Fsp3) is 0.654. The van der Waals surface area contributed by atoms with Crippen LogP contribution in [0.2, 0.25) is 0 Å². The maximum Gasteiger partial charge on any atom is 0.335 e. The number of carbonyl (C=O) groups excluding carboxylic acids is 1. The Bertz CT molecular complexity index is 738. The largest absolute Gasteiger partial charge is 0.423 e. The number of esters is 1. The third-order valence-corrected chi connectivity index (χ3v) is 6.44. The van der Waals surface area contributed by atoms with Crippen molar-refractivity contribution in [2.75, 3.05) is 0 Å². The van der Waals surface area contributed by atoms with E-state index in [2.05, 4.69) is 6.92 Å². The first-order valence-corrected chi connectivity index (χ1v) is 13.8. The second-order valence-electron chi connectivity index (χ2n) is 8.51. The van der Waals surface area contributed by atoms with Crippen molar-refractivity contribution in [1.82, 2.24) is 0 Å². The minimum atomic E-state index is -4.24. The molecule has 0 atom stereocenters. The maximum atomic E-state index is 11.8. The average molecular weight is 467 g/mol. The highest BCUT2D eigenvalue weighted by Gasteiger charge is 2.09. The molecule has 0 saturated carbocycles. The molecule has 0 saturated heterocycles. The number of rotatable bonds is 19. The van der Waals surface area contributed by atoms with Gasteiger partial charge in [0.2, 0.25) is 0 Å². The van der Waals surface area contributed by atoms with Crippen LogP contribution >= 0.6 is 0 Å². The number of hydrogen-bond acceptors (Lipinski definition) is 4. The van der Waals surface area contributed by atoms with Crippen molar-refractivity contribution >= 4 is 16.1 Å². The van der Waals surface area contributed by atoms with Crippen molar-refractivity contribution in [3.05, 3.63) is 36.4 Å². The van der Waals surface area contributed by atoms with Gasteiger partial charge in [0, 0.05) is 6.08 Å². The zero-order chi connectivity index (χ0) is 23.5. The number of ether oxygens (including phenoxy) is 1. The predicted octanol–water partition coefficient (Wildman–Crippen LogP) is 7.66. The smallest absolute Gasteiger partial charge is 0.335 e. The van der Waals surface area contributed by atoms with Gasteiger partial charge in [0.1, 0.15) is 5.75 Å². The summed E-state index contributed by atoms with van der Waals surface area (Å²) in [4.78, 5) is 11.5. The van der Waals surface area contributed by atoms with Crippen LogP contribution in [0.5, 0.6) is 5.75 Å². The Balaban J connectivity index is 1.94. The minimum absolute atomic E-state index is 0.235. The fourth-order valence-corrected chi connectivity index (χ4v) is 4.12. The van der Waals surface area contributed by atoms with E-state index < -0.39 is 16.1 Å². The predicted molar refractivity (Wildman–Crippen MR) is 131 cm³/mol. The molecule has 0 amide bonds. The van der Waals surface area contributed by atoms with Gasteiger partial charge in [-0.1, -0.05) is 103 Å². The minimum Gasteiger partial charge on any atom is -0.423 e. The molecule has 32 heavy (non-hydrogen) atoms. The lowest BCUT2D eigenvalue weighted by Crippen LogP contribution is -2.04. The van der Waals surface area contributed by atoms with Gasteiger partial charge in [-0.15, -0.1) is 0 Å². The normalized spacial score (nSPS) is 11.8. The average Bonchev–Trinajstić information content (AvgIpc) is 2.75. The molecule has 182 valence electrons. The van der Waals surface area contributed by atoms with Gasteiger partial charge in [-0.3, -0.25) is 4.55 Å². The maximum absolute atomic E-state index is 11.8. The molecular weight excluding hydrogens is 424 g/mol. The molecule has 1 N–H and O–H groups in total. The van der Waals surface area contributed by atoms with Gasteiger partial charge in [-0.05, 0) is 37.1 Å². The van der Waals surface area contributed by atoms with Crippen molar-refractivity contribution in [1.29, 1.82) is 0 Å². The van der Waals surface area contributed by atoms with E-state index in [0.717, 1.165) is 12.8 Å². The third kappa shape index (κ3) is 15.2. The van der Waals surface area contributed by atoms with E-state index in [4.69, 9.17) is 9.29 Å². The lowest BCUT2D eigenvalue weighted by Gasteiger charge is -2.03. The van der Waals surface area contributed by atoms with Crippen molar-refractivity contribution in [3.63, 3.8) is 0 Å². The van der Waals surface area contributed by atoms with Gasteiger partial charge in [0.05, 0.1) is 4.90 Å². The van der Waals surface area contributed by atoms with E-state index in [1.165, 1.54) is 120 Å². The molecule has 1 aromatic rings. The Hall–Kier alpha value is -1.66. The summed E-state index contributed by atoms with van der Waals surface area (Å²) < 4.78 is 36.0. The van der Waals surface area contributed by atoms with E-state index in [1.54, 1.807) is 0 Å². The highest BCUT2D eigenvalue weighted by atomic mass is 32.2. The van der Waals surface area contributed by atoms with E-state index in [0.29, 0.717) is 0 Å². The Morgan fingerprint density at radius 1 is 0.781 bits per heavy atom. The first-order valence-electron chi connectivity index (χ1n) is 12.4. The monoisotopic (exact) mass is 466 g/mol. The highest BCUT2D eigenvalue weighted by molar-refractivity contribution is 7.85. The Kier molecular flexibility index (Phi) is 15.8. The molecule has 1 rings (SSSR count). The lowest BCUT2D eigenvalue weighted by atomic mass is 10.0. The van der Waals surface area contributed by atoms with Crippen LogP contribution in [-0.2, 0) is 14.9 Å². The second-order valence-corrected chi connectivity index (χ2v) is 9.93. The van der Waals surface area contributed by atoms with Crippen LogP contribution in [0.4, 0.5) is 0 Å². The quantitative estimate of drug-likeness (QED) is 0.0744. The van der Waals surface area contributed by atoms with Crippen molar-refractivity contribution in [3.8, 4) is 5.75 Å². The molecule has 0 fully saturated rings. The number of carbonyl (C=O) groups is 1. The highest BCUT2D eigenvalue weighted by Crippen LogP contribution is 2.16. The van der Waals surface area contributed by atoms with Gasteiger partial charge in [0.25, 0.3) is 10.1 Å². The molecular formula is C26H42O5S. The first kappa shape index (κ1) is 28.4. The summed E-state index contributed by atoms with van der Waals surface area (Å²) in [7, 11) is -4.24. The number of allylic oxidation sites excluding steroid dienone is 1. The number of unbranched alkanes of at least 4 members (excludes halogenated alkanes) is 15. The van der Waals surface area contributed by atoms with E-state index in [-0.39, 0.29) is 10.6 Å². The number of benzene rings is 1. The van der Waals surface area contributed by atoms with Crippen molar-refractivity contribution in [2.24, 2.45) is 0 Å². The van der Waals surface area contributed by atoms with Gasteiger partial charge in [-0.2, -0.15) is 8.42 Å². The lowest BCUT2D eigenvalue weighted by molar-refractivity contribution is -0.129. The van der Waals surface area contributed by atoms with E-state index >= 15 is 0 Å². The first-order chi connectivity index (χ1) is 15.4. The Morgan fingerprint density at radius 3 is 1.66 bits per heavy atom. The van der Waals surface area contributed by atoms with Crippen LogP contribution in [0.1, 0.15) is 110 Å². The van der Waals surface area contributed by atoms with Crippen LogP contribution in [0, 0.1) is 0 Å². The summed E-state index contributed by atoms with van der Waals surface area (Å²) in [5.41, 5.74) is 0. The Morgan fingerprint density at radius 2 is 1.22 bits per heavy atom. The van der Waals surface area contributed by atoms with E-state index in [1.807, 2.05) is 6.08 Å². The molecule has 0 heterocycles. The molecule has 5 nitrogen and oxygen atoms in total. The molecule has 6 heteroatoms. The second kappa shape index (κ2) is 17.8. The van der Waals surface area contributed by atoms with E-state index in [9.17, 15) is 13.2 Å². The fourth-order valence-electron chi connectivity index (χ4n) is 3.64. The zero-order valence-corrected chi connectivity index (χ0v) is 20.6. The SMILES string of the molecule is CCCCCCCCCCCCCCCCCC=CC(=O)Oc1ccc(S(=O)(=O)O)cc1. The van der Waals surface area contributed by atoms with Crippen LogP contribution in [-0.4, -0.2) is 18.9 Å². The summed E-state index contributed by atoms with van der Waals surface area (Å²) in [6.07, 6.45) is 24.0. The van der Waals surface area contributed by atoms with Gasteiger partial charge in [0.15, 0.2) is 0 Å².